The molecule has 0 unspecified atom stereocenters. The fourth-order valence-corrected chi connectivity index (χ4v) is 2.51. The van der Waals surface area contributed by atoms with Crippen molar-refractivity contribution in [1.82, 2.24) is 14.8 Å². The first kappa shape index (κ1) is 19.4. The Bertz CT molecular complexity index is 939. The van der Waals surface area contributed by atoms with Gasteiger partial charge >= 0.3 is 6.18 Å². The maximum Gasteiger partial charge on any atom is 0.416 e. The van der Waals surface area contributed by atoms with Gasteiger partial charge in [-0.2, -0.15) is 13.2 Å². The first-order valence-corrected chi connectivity index (χ1v) is 8.44. The molecular weight excluding hydrogens is 373 g/mol. The van der Waals surface area contributed by atoms with Crippen LogP contribution >= 0.6 is 0 Å². The standard InChI is InChI=1S/C19H17F3N4O2/c1-2-13-3-8-17(16(9-13)26-11-23-24-12-26)28-10-18(27)25-15-6-4-14(5-7-15)19(20,21)22/h3-9,11-12H,2,10H2,1H3,(H,25,27). The number of nitrogens with zero attached hydrogens (tertiary/aromatic N) is 3. The Kier molecular flexibility index (Phi) is 5.62. The second kappa shape index (κ2) is 8.12. The molecule has 0 radical (unpaired) electrons. The zero-order valence-corrected chi connectivity index (χ0v) is 14.9. The number of aryl methyl sites for hydroxylation is 1. The number of rotatable bonds is 6. The molecule has 1 heterocycles. The summed E-state index contributed by atoms with van der Waals surface area (Å²) in [6.45, 7) is 1.71. The molecule has 28 heavy (non-hydrogen) atoms. The van der Waals surface area contributed by atoms with E-state index in [1.165, 1.54) is 24.8 Å². The van der Waals surface area contributed by atoms with E-state index in [0.29, 0.717) is 11.4 Å². The molecule has 146 valence electrons. The monoisotopic (exact) mass is 390 g/mol. The first-order valence-electron chi connectivity index (χ1n) is 8.44. The van der Waals surface area contributed by atoms with Crippen LogP contribution in [0.15, 0.2) is 55.1 Å². The zero-order chi connectivity index (χ0) is 20.1. The van der Waals surface area contributed by atoms with Crippen molar-refractivity contribution in [3.05, 3.63) is 66.2 Å². The van der Waals surface area contributed by atoms with E-state index >= 15 is 0 Å². The summed E-state index contributed by atoms with van der Waals surface area (Å²) in [7, 11) is 0. The maximum absolute atomic E-state index is 12.6. The molecule has 0 saturated carbocycles. The van der Waals surface area contributed by atoms with E-state index in [4.69, 9.17) is 4.74 Å². The van der Waals surface area contributed by atoms with Gasteiger partial charge in [0, 0.05) is 5.69 Å². The first-order chi connectivity index (χ1) is 13.4. The van der Waals surface area contributed by atoms with Crippen molar-refractivity contribution in [1.29, 1.82) is 0 Å². The van der Waals surface area contributed by atoms with Crippen LogP contribution in [0.5, 0.6) is 5.75 Å². The maximum atomic E-state index is 12.6. The number of halogens is 3. The predicted molar refractivity (Wildman–Crippen MR) is 96.3 cm³/mol. The number of amides is 1. The van der Waals surface area contributed by atoms with E-state index in [9.17, 15) is 18.0 Å². The molecule has 2 aromatic carbocycles. The summed E-state index contributed by atoms with van der Waals surface area (Å²) < 4.78 is 45.0. The molecule has 0 saturated heterocycles. The lowest BCUT2D eigenvalue weighted by Gasteiger charge is -2.13. The highest BCUT2D eigenvalue weighted by atomic mass is 19.4. The second-order valence-corrected chi connectivity index (χ2v) is 5.94. The minimum atomic E-state index is -4.42. The Balaban J connectivity index is 1.66. The van der Waals surface area contributed by atoms with Gasteiger partial charge in [-0.05, 0) is 48.4 Å². The van der Waals surface area contributed by atoms with Crippen molar-refractivity contribution >= 4 is 11.6 Å². The van der Waals surface area contributed by atoms with Crippen LogP contribution in [-0.4, -0.2) is 27.3 Å². The third-order valence-corrected chi connectivity index (χ3v) is 3.98. The van der Waals surface area contributed by atoms with Gasteiger partial charge in [0.15, 0.2) is 6.61 Å². The molecule has 0 fully saturated rings. The lowest BCUT2D eigenvalue weighted by Crippen LogP contribution is -2.20. The molecule has 0 aliphatic carbocycles. The minimum absolute atomic E-state index is 0.252. The summed E-state index contributed by atoms with van der Waals surface area (Å²) in [5.41, 5.74) is 1.23. The smallest absolute Gasteiger partial charge is 0.416 e. The molecule has 0 spiro atoms. The van der Waals surface area contributed by atoms with E-state index in [2.05, 4.69) is 15.5 Å². The summed E-state index contributed by atoms with van der Waals surface area (Å²) in [5, 5.41) is 10.0. The number of alkyl halides is 3. The quantitative estimate of drug-likeness (QED) is 0.694. The molecule has 0 aliphatic heterocycles. The van der Waals surface area contributed by atoms with Gasteiger partial charge in [-0.15, -0.1) is 10.2 Å². The van der Waals surface area contributed by atoms with Gasteiger partial charge in [-0.1, -0.05) is 13.0 Å². The summed E-state index contributed by atoms with van der Waals surface area (Å²) >= 11 is 0. The van der Waals surface area contributed by atoms with Gasteiger partial charge in [0.05, 0.1) is 11.3 Å². The number of ether oxygens (including phenoxy) is 1. The fraction of sp³-hybridized carbons (Fsp3) is 0.211. The Morgan fingerprint density at radius 1 is 1.11 bits per heavy atom. The summed E-state index contributed by atoms with van der Waals surface area (Å²) in [4.78, 5) is 12.1. The number of hydrogen-bond acceptors (Lipinski definition) is 4. The van der Waals surface area contributed by atoms with Gasteiger partial charge in [0.2, 0.25) is 0 Å². The van der Waals surface area contributed by atoms with Crippen molar-refractivity contribution in [2.45, 2.75) is 19.5 Å². The molecule has 0 aliphatic rings. The topological polar surface area (TPSA) is 69.0 Å². The highest BCUT2D eigenvalue weighted by Gasteiger charge is 2.30. The number of nitrogens with one attached hydrogen (secondary N) is 1. The molecule has 3 aromatic rings. The van der Waals surface area contributed by atoms with E-state index in [1.807, 2.05) is 19.1 Å². The average molecular weight is 390 g/mol. The predicted octanol–water partition coefficient (Wildman–Crippen LogP) is 3.87. The summed E-state index contributed by atoms with van der Waals surface area (Å²) in [6, 6.07) is 9.75. The molecule has 0 bridgehead atoms. The van der Waals surface area contributed by atoms with Gasteiger partial charge in [-0.25, -0.2) is 0 Å². The largest absolute Gasteiger partial charge is 0.482 e. The number of aromatic nitrogens is 3. The average Bonchev–Trinajstić information content (AvgIpc) is 3.20. The van der Waals surface area contributed by atoms with Gasteiger partial charge in [0.25, 0.3) is 5.91 Å². The van der Waals surface area contributed by atoms with Crippen molar-refractivity contribution in [3.8, 4) is 11.4 Å². The van der Waals surface area contributed by atoms with Crippen LogP contribution in [0.4, 0.5) is 18.9 Å². The van der Waals surface area contributed by atoms with Crippen LogP contribution in [-0.2, 0) is 17.4 Å². The summed E-state index contributed by atoms with van der Waals surface area (Å²) in [5.74, 6) is -0.0337. The molecular formula is C19H17F3N4O2. The third-order valence-electron chi connectivity index (χ3n) is 3.98. The highest BCUT2D eigenvalue weighted by Crippen LogP contribution is 2.30. The van der Waals surface area contributed by atoms with Crippen LogP contribution in [0.25, 0.3) is 5.69 Å². The number of hydrogen-bond donors (Lipinski definition) is 1. The number of carbonyl (C=O) groups excluding carboxylic acids is 1. The molecule has 3 rings (SSSR count). The minimum Gasteiger partial charge on any atom is -0.482 e. The lowest BCUT2D eigenvalue weighted by atomic mass is 10.1. The van der Waals surface area contributed by atoms with Crippen LogP contribution in [0.3, 0.4) is 0 Å². The zero-order valence-electron chi connectivity index (χ0n) is 14.9. The van der Waals surface area contributed by atoms with Gasteiger partial charge < -0.3 is 10.1 Å². The van der Waals surface area contributed by atoms with Gasteiger partial charge in [0.1, 0.15) is 18.4 Å². The Morgan fingerprint density at radius 3 is 2.39 bits per heavy atom. The number of benzene rings is 2. The molecule has 9 heteroatoms. The Hall–Kier alpha value is -3.36. The molecule has 6 nitrogen and oxygen atoms in total. The van der Waals surface area contributed by atoms with E-state index in [-0.39, 0.29) is 12.3 Å². The number of carbonyl (C=O) groups is 1. The van der Waals surface area contributed by atoms with E-state index in [1.54, 1.807) is 10.6 Å². The van der Waals surface area contributed by atoms with Crippen molar-refractivity contribution in [2.75, 3.05) is 11.9 Å². The third kappa shape index (κ3) is 4.67. The van der Waals surface area contributed by atoms with E-state index in [0.717, 1.165) is 24.1 Å². The lowest BCUT2D eigenvalue weighted by molar-refractivity contribution is -0.137. The normalized spacial score (nSPS) is 11.3. The highest BCUT2D eigenvalue weighted by molar-refractivity contribution is 5.91. The van der Waals surface area contributed by atoms with Crippen molar-refractivity contribution < 1.29 is 22.7 Å². The Morgan fingerprint density at radius 2 is 1.79 bits per heavy atom. The van der Waals surface area contributed by atoms with Crippen LogP contribution < -0.4 is 10.1 Å². The summed E-state index contributed by atoms with van der Waals surface area (Å²) in [6.07, 6.45) is -0.563. The molecule has 1 aromatic heterocycles. The Labute approximate surface area is 159 Å². The number of anilines is 1. The fourth-order valence-electron chi connectivity index (χ4n) is 2.51. The molecule has 0 atom stereocenters. The van der Waals surface area contributed by atoms with Crippen LogP contribution in [0.1, 0.15) is 18.1 Å². The van der Waals surface area contributed by atoms with Crippen LogP contribution in [0.2, 0.25) is 0 Å². The van der Waals surface area contributed by atoms with Gasteiger partial charge in [-0.3, -0.25) is 9.36 Å². The molecule has 1 N–H and O–H groups in total. The second-order valence-electron chi connectivity index (χ2n) is 5.94. The van der Waals surface area contributed by atoms with Crippen LogP contribution in [0, 0.1) is 0 Å². The van der Waals surface area contributed by atoms with E-state index < -0.39 is 17.6 Å². The van der Waals surface area contributed by atoms with Crippen molar-refractivity contribution in [2.24, 2.45) is 0 Å². The SMILES string of the molecule is CCc1ccc(OCC(=O)Nc2ccc(C(F)(F)F)cc2)c(-n2cnnc2)c1. The van der Waals surface area contributed by atoms with Crippen molar-refractivity contribution in [3.63, 3.8) is 0 Å². The molecule has 1 amide bonds.